The Balaban J connectivity index is 0.974. The van der Waals surface area contributed by atoms with Crippen molar-refractivity contribution in [2.75, 3.05) is 45.2 Å². The van der Waals surface area contributed by atoms with Gasteiger partial charge in [-0.25, -0.2) is 9.78 Å². The lowest BCUT2D eigenvalue weighted by Crippen LogP contribution is -2.54. The van der Waals surface area contributed by atoms with E-state index in [9.17, 15) is 14.7 Å². The first-order chi connectivity index (χ1) is 21.7. The van der Waals surface area contributed by atoms with Crippen LogP contribution in [0.15, 0.2) is 60.9 Å². The molecule has 1 spiro atoms. The van der Waals surface area contributed by atoms with Crippen LogP contribution in [0.5, 0.6) is 0 Å². The van der Waals surface area contributed by atoms with E-state index in [0.717, 1.165) is 54.9 Å². The van der Waals surface area contributed by atoms with Crippen molar-refractivity contribution in [2.24, 2.45) is 5.73 Å². The molecule has 1 saturated heterocycles. The van der Waals surface area contributed by atoms with E-state index in [2.05, 4.69) is 69.4 Å². The van der Waals surface area contributed by atoms with E-state index >= 15 is 0 Å². The van der Waals surface area contributed by atoms with Gasteiger partial charge >= 0.3 is 5.97 Å². The third kappa shape index (κ3) is 6.41. The molecule has 3 unspecified atom stereocenters. The van der Waals surface area contributed by atoms with Gasteiger partial charge in [-0.05, 0) is 68.0 Å². The molecule has 0 saturated carbocycles. The molecule has 4 atom stereocenters. The maximum absolute atomic E-state index is 13.1. The number of nitrogens with zero attached hydrogens (tertiary/aromatic N) is 4. The average molecular weight is 611 g/mol. The van der Waals surface area contributed by atoms with Crippen molar-refractivity contribution in [1.82, 2.24) is 19.8 Å². The van der Waals surface area contributed by atoms with Crippen LogP contribution in [-0.4, -0.2) is 88.9 Å². The molecule has 1 aromatic carbocycles. The second-order valence-electron chi connectivity index (χ2n) is 12.6. The van der Waals surface area contributed by atoms with Gasteiger partial charge in [0.05, 0.1) is 30.4 Å². The number of likely N-dealkylation sites (tertiary alicyclic amines) is 1. The van der Waals surface area contributed by atoms with Gasteiger partial charge < -0.3 is 25.8 Å². The lowest BCUT2D eigenvalue weighted by atomic mass is 9.79. The van der Waals surface area contributed by atoms with Gasteiger partial charge in [0, 0.05) is 55.7 Å². The minimum Gasteiger partial charge on any atom is -0.478 e. The highest BCUT2D eigenvalue weighted by Gasteiger charge is 2.52. The van der Waals surface area contributed by atoms with Crippen molar-refractivity contribution in [3.8, 4) is 0 Å². The van der Waals surface area contributed by atoms with Gasteiger partial charge in [-0.2, -0.15) is 0 Å². The molecular weight excluding hydrogens is 568 g/mol. The lowest BCUT2D eigenvalue weighted by Gasteiger charge is -2.44. The summed E-state index contributed by atoms with van der Waals surface area (Å²) in [5, 5.41) is 12.3. The number of carbonyl (C=O) groups excluding carboxylic acids is 1. The number of benzene rings is 1. The quantitative estimate of drug-likeness (QED) is 0.278. The molecule has 236 valence electrons. The Bertz CT molecular complexity index is 1580. The predicted molar refractivity (Wildman–Crippen MR) is 173 cm³/mol. The molecule has 4 N–H and O–H groups in total. The summed E-state index contributed by atoms with van der Waals surface area (Å²) < 4.78 is 5.90. The molecule has 2 aliphatic heterocycles. The Morgan fingerprint density at radius 3 is 2.80 bits per heavy atom. The number of piperidine rings is 1. The van der Waals surface area contributed by atoms with Gasteiger partial charge in [-0.3, -0.25) is 14.7 Å². The number of carbonyl (C=O) groups is 2. The van der Waals surface area contributed by atoms with Gasteiger partial charge in [-0.1, -0.05) is 42.5 Å². The molecule has 0 radical (unpaired) electrons. The van der Waals surface area contributed by atoms with Gasteiger partial charge in [0.1, 0.15) is 5.82 Å². The van der Waals surface area contributed by atoms with E-state index in [0.29, 0.717) is 43.8 Å². The van der Waals surface area contributed by atoms with Gasteiger partial charge in [0.2, 0.25) is 5.91 Å². The van der Waals surface area contributed by atoms with Crippen LogP contribution in [-0.2, 0) is 27.8 Å². The van der Waals surface area contributed by atoms with Crippen molar-refractivity contribution in [2.45, 2.75) is 56.1 Å². The Morgan fingerprint density at radius 1 is 1.18 bits per heavy atom. The monoisotopic (exact) mass is 610 g/mol. The first kappa shape index (κ1) is 31.0. The van der Waals surface area contributed by atoms with Crippen LogP contribution in [0, 0.1) is 0 Å². The number of fused-ring (bicyclic) bond motifs is 3. The first-order valence-corrected chi connectivity index (χ1v) is 15.8. The van der Waals surface area contributed by atoms with E-state index in [-0.39, 0.29) is 17.6 Å². The highest BCUT2D eigenvalue weighted by Crippen LogP contribution is 2.46. The molecule has 2 aromatic heterocycles. The number of likely N-dealkylation sites (N-methyl/N-ethyl adjacent to an activating group) is 1. The summed E-state index contributed by atoms with van der Waals surface area (Å²) in [5.74, 6) is -0.0907. The summed E-state index contributed by atoms with van der Waals surface area (Å²) in [4.78, 5) is 38.2. The summed E-state index contributed by atoms with van der Waals surface area (Å²) >= 11 is 0. The molecule has 45 heavy (non-hydrogen) atoms. The van der Waals surface area contributed by atoms with Crippen molar-refractivity contribution < 1.29 is 19.4 Å². The van der Waals surface area contributed by atoms with Gasteiger partial charge in [0.25, 0.3) is 0 Å². The van der Waals surface area contributed by atoms with Crippen LogP contribution >= 0.6 is 0 Å². The van der Waals surface area contributed by atoms with Crippen LogP contribution in [0.1, 0.15) is 64.0 Å². The van der Waals surface area contributed by atoms with Gasteiger partial charge in [0.15, 0.2) is 0 Å². The van der Waals surface area contributed by atoms with Crippen LogP contribution in [0.2, 0.25) is 0 Å². The van der Waals surface area contributed by atoms with Crippen LogP contribution in [0.25, 0.3) is 6.08 Å². The molecule has 6 rings (SSSR count). The number of hydrogen-bond donors (Lipinski definition) is 3. The molecule has 0 bridgehead atoms. The van der Waals surface area contributed by atoms with Crippen molar-refractivity contribution in [3.63, 3.8) is 0 Å². The number of aromatic nitrogens is 2. The molecule has 10 heteroatoms. The number of aromatic carboxylic acids is 1. The number of hydrogen-bond acceptors (Lipinski definition) is 8. The van der Waals surface area contributed by atoms with Crippen molar-refractivity contribution in [3.05, 3.63) is 94.4 Å². The fraction of sp³-hybridized carbons (Fsp3) is 0.429. The zero-order chi connectivity index (χ0) is 31.6. The Labute approximate surface area is 264 Å². The number of carboxylic acids is 1. The minimum absolute atomic E-state index is 0.0951. The van der Waals surface area contributed by atoms with Crippen LogP contribution in [0.4, 0.5) is 5.82 Å². The van der Waals surface area contributed by atoms with Gasteiger partial charge in [-0.15, -0.1) is 0 Å². The highest BCUT2D eigenvalue weighted by atomic mass is 16.5. The highest BCUT2D eigenvalue weighted by molar-refractivity contribution is 6.06. The second kappa shape index (κ2) is 13.2. The molecule has 3 aromatic rings. The van der Waals surface area contributed by atoms with Crippen LogP contribution in [0.3, 0.4) is 0 Å². The maximum atomic E-state index is 13.1. The summed E-state index contributed by atoms with van der Waals surface area (Å²) in [6, 6.07) is 14.8. The van der Waals surface area contributed by atoms with Crippen LogP contribution < -0.4 is 11.1 Å². The summed E-state index contributed by atoms with van der Waals surface area (Å²) in [6.45, 7) is 6.05. The fourth-order valence-electron chi connectivity index (χ4n) is 7.14. The number of ether oxygens (including phenoxy) is 1. The van der Waals surface area contributed by atoms with E-state index in [1.165, 1.54) is 11.8 Å². The number of carboxylic acid groups (broad SMARTS) is 1. The number of nitrogens with one attached hydrogen (secondary N) is 1. The van der Waals surface area contributed by atoms with E-state index < -0.39 is 11.4 Å². The SMILES string of the molecule is CC1C(c2ccccc2)CCC(N)N1CCN(C)CCOC/C=C/c1cnc2c(c1)[C@@]1(Cc3cc(C(=O)O)cnc3C1)C(=O)N2. The van der Waals surface area contributed by atoms with Crippen molar-refractivity contribution in [1.29, 1.82) is 0 Å². The van der Waals surface area contributed by atoms with Crippen molar-refractivity contribution >= 4 is 23.8 Å². The zero-order valence-corrected chi connectivity index (χ0v) is 26.0. The maximum Gasteiger partial charge on any atom is 0.337 e. The topological polar surface area (TPSA) is 134 Å². The molecular formula is C35H42N6O4. The second-order valence-corrected chi connectivity index (χ2v) is 12.6. The number of amides is 1. The predicted octanol–water partition coefficient (Wildman–Crippen LogP) is 3.68. The molecule has 4 heterocycles. The zero-order valence-electron chi connectivity index (χ0n) is 26.0. The smallest absolute Gasteiger partial charge is 0.337 e. The largest absolute Gasteiger partial charge is 0.478 e. The molecule has 10 nitrogen and oxygen atoms in total. The number of anilines is 1. The third-order valence-corrected chi connectivity index (χ3v) is 9.77. The summed E-state index contributed by atoms with van der Waals surface area (Å²) in [5.41, 5.74) is 10.5. The fourth-order valence-corrected chi connectivity index (χ4v) is 7.14. The number of pyridine rings is 2. The molecule has 1 fully saturated rings. The number of nitrogens with two attached hydrogens (primary N) is 1. The lowest BCUT2D eigenvalue weighted by molar-refractivity contribution is -0.120. The minimum atomic E-state index is -1.03. The van der Waals surface area contributed by atoms with E-state index in [1.54, 1.807) is 12.3 Å². The Kier molecular flexibility index (Phi) is 9.09. The standard InChI is InChI=1S/C35H42N6O4/c1-23-28(25-8-4-3-5-9-25)10-11-31(36)41(23)13-12-40(2)14-16-45-15-6-7-24-17-29-32(38-21-24)39-34(44)35(29)19-26-18-27(33(42)43)22-37-30(26)20-35/h3-9,17-18,21-23,28,31H,10-16,19-20,36H2,1-2H3,(H,42,43)(H,38,39,44)/b7-6+/t23?,28?,31?,35-/m0/s1. The first-order valence-electron chi connectivity index (χ1n) is 15.8. The molecule has 1 amide bonds. The molecule has 3 aliphatic rings. The van der Waals surface area contributed by atoms with E-state index in [4.69, 9.17) is 10.5 Å². The molecule has 1 aliphatic carbocycles. The third-order valence-electron chi connectivity index (χ3n) is 9.77. The average Bonchev–Trinajstić information content (AvgIpc) is 3.55. The Hall–Kier alpha value is -3.96. The van der Waals surface area contributed by atoms with E-state index in [1.807, 2.05) is 18.2 Å². The summed E-state index contributed by atoms with van der Waals surface area (Å²) in [7, 11) is 2.12. The number of rotatable bonds is 11. The normalized spacial score (nSPS) is 24.4. The summed E-state index contributed by atoms with van der Waals surface area (Å²) in [6.07, 6.45) is 10.1. The Morgan fingerprint density at radius 2 is 2.00 bits per heavy atom.